The van der Waals surface area contributed by atoms with Crippen LogP contribution in [0.4, 0.5) is 24.8 Å². The molecule has 2 aromatic heterocycles. The molecule has 1 aliphatic heterocycles. The Bertz CT molecular complexity index is 1270. The number of aliphatic carboxylic acids is 1. The number of carboxylic acids is 1. The molecule has 1 aromatic carbocycles. The van der Waals surface area contributed by atoms with Gasteiger partial charge in [0.1, 0.15) is 28.3 Å². The van der Waals surface area contributed by atoms with Crippen molar-refractivity contribution in [2.24, 2.45) is 5.41 Å². The standard InChI is InChI=1S/C25H27ClF3N5O2/c1-3-16-11-25(24(35)36,8-9-34(16)13-15-4-5-18(28)22(26)23(15)29)12-19-17(27)6-7-20(30-19)31-21-10-14(2)32-33-21/h4-7,10,16H,3,8-9,11-13H2,1-2H3,(H,35,36)(H2,30,31,32,33)/t16-,25?/m1/s1. The van der Waals surface area contributed by atoms with Crippen LogP contribution in [0.5, 0.6) is 0 Å². The fourth-order valence-electron chi connectivity index (χ4n) is 4.78. The lowest BCUT2D eigenvalue weighted by Gasteiger charge is -2.44. The fourth-order valence-corrected chi connectivity index (χ4v) is 4.97. The van der Waals surface area contributed by atoms with Crippen LogP contribution < -0.4 is 5.32 Å². The van der Waals surface area contributed by atoms with Gasteiger partial charge in [0.05, 0.1) is 11.1 Å². The summed E-state index contributed by atoms with van der Waals surface area (Å²) >= 11 is 5.73. The van der Waals surface area contributed by atoms with Crippen LogP contribution in [-0.4, -0.2) is 43.7 Å². The predicted octanol–water partition coefficient (Wildman–Crippen LogP) is 5.62. The minimum absolute atomic E-state index is 0.0503. The van der Waals surface area contributed by atoms with Gasteiger partial charge >= 0.3 is 5.97 Å². The molecular weight excluding hydrogens is 495 g/mol. The number of nitrogens with zero attached hydrogens (tertiary/aromatic N) is 3. The van der Waals surface area contributed by atoms with E-state index in [1.807, 2.05) is 18.7 Å². The lowest BCUT2D eigenvalue weighted by molar-refractivity contribution is -0.154. The summed E-state index contributed by atoms with van der Waals surface area (Å²) in [4.78, 5) is 18.8. The molecule has 0 amide bonds. The summed E-state index contributed by atoms with van der Waals surface area (Å²) in [5.74, 6) is -2.40. The fraction of sp³-hybridized carbons (Fsp3) is 0.400. The van der Waals surface area contributed by atoms with E-state index in [0.717, 1.165) is 11.8 Å². The SMILES string of the molecule is CC[C@@H]1CC(Cc2nc(Nc3cc(C)[nH]n3)ccc2F)(C(=O)O)CCN1Cc1ccc(F)c(Cl)c1F. The van der Waals surface area contributed by atoms with Gasteiger partial charge in [0.2, 0.25) is 0 Å². The maximum absolute atomic E-state index is 14.8. The molecule has 0 spiro atoms. The van der Waals surface area contributed by atoms with E-state index in [-0.39, 0.29) is 43.1 Å². The molecular formula is C25H27ClF3N5O2. The van der Waals surface area contributed by atoms with Crippen molar-refractivity contribution >= 4 is 29.2 Å². The van der Waals surface area contributed by atoms with Gasteiger partial charge in [-0.3, -0.25) is 14.8 Å². The van der Waals surface area contributed by atoms with Gasteiger partial charge in [-0.05, 0) is 50.9 Å². The maximum atomic E-state index is 14.8. The highest BCUT2D eigenvalue weighted by Crippen LogP contribution is 2.40. The Morgan fingerprint density at radius 1 is 1.25 bits per heavy atom. The largest absolute Gasteiger partial charge is 0.481 e. The number of nitrogens with one attached hydrogen (secondary N) is 2. The van der Waals surface area contributed by atoms with Crippen LogP contribution in [0.15, 0.2) is 30.3 Å². The molecule has 192 valence electrons. The number of piperidine rings is 1. The van der Waals surface area contributed by atoms with Crippen LogP contribution in [0.1, 0.15) is 43.1 Å². The number of anilines is 2. The molecule has 2 atom stereocenters. The molecule has 36 heavy (non-hydrogen) atoms. The number of carboxylic acid groups (broad SMARTS) is 1. The monoisotopic (exact) mass is 521 g/mol. The molecule has 1 fully saturated rings. The van der Waals surface area contributed by atoms with Gasteiger partial charge in [-0.1, -0.05) is 24.6 Å². The normalized spacial score (nSPS) is 20.4. The van der Waals surface area contributed by atoms with E-state index in [0.29, 0.717) is 24.6 Å². The quantitative estimate of drug-likeness (QED) is 0.333. The molecule has 1 saturated heterocycles. The third-order valence-electron chi connectivity index (χ3n) is 6.82. The molecule has 7 nitrogen and oxygen atoms in total. The summed E-state index contributed by atoms with van der Waals surface area (Å²) in [5.41, 5.74) is -0.118. The molecule has 3 heterocycles. The molecule has 0 aliphatic carbocycles. The van der Waals surface area contributed by atoms with Crippen LogP contribution >= 0.6 is 11.6 Å². The first kappa shape index (κ1) is 26.0. The molecule has 4 rings (SSSR count). The molecule has 1 aliphatic rings. The molecule has 0 saturated carbocycles. The Morgan fingerprint density at radius 2 is 2.00 bits per heavy atom. The summed E-state index contributed by atoms with van der Waals surface area (Å²) in [7, 11) is 0. The summed E-state index contributed by atoms with van der Waals surface area (Å²) in [6.07, 6.45) is 0.950. The zero-order chi connectivity index (χ0) is 26.0. The lowest BCUT2D eigenvalue weighted by Crippen LogP contribution is -2.50. The van der Waals surface area contributed by atoms with Gasteiger partial charge in [-0.25, -0.2) is 18.2 Å². The minimum atomic E-state index is -1.24. The first-order valence-electron chi connectivity index (χ1n) is 11.7. The molecule has 3 aromatic rings. The Labute approximate surface area is 211 Å². The van der Waals surface area contributed by atoms with E-state index in [9.17, 15) is 23.1 Å². The van der Waals surface area contributed by atoms with E-state index in [2.05, 4.69) is 20.5 Å². The van der Waals surface area contributed by atoms with Crippen LogP contribution in [-0.2, 0) is 17.8 Å². The molecule has 3 N–H and O–H groups in total. The Balaban J connectivity index is 1.55. The van der Waals surface area contributed by atoms with Crippen molar-refractivity contribution < 1.29 is 23.1 Å². The number of halogens is 4. The average molecular weight is 522 g/mol. The number of benzene rings is 1. The van der Waals surface area contributed by atoms with Crippen molar-refractivity contribution in [3.05, 3.63) is 69.8 Å². The second kappa shape index (κ2) is 10.5. The van der Waals surface area contributed by atoms with Crippen molar-refractivity contribution in [2.75, 3.05) is 11.9 Å². The van der Waals surface area contributed by atoms with Crippen molar-refractivity contribution in [1.29, 1.82) is 0 Å². The second-order valence-corrected chi connectivity index (χ2v) is 9.65. The number of H-pyrrole nitrogens is 1. The molecule has 0 bridgehead atoms. The highest BCUT2D eigenvalue weighted by atomic mass is 35.5. The number of hydrogen-bond acceptors (Lipinski definition) is 5. The number of aromatic nitrogens is 3. The van der Waals surface area contributed by atoms with Gasteiger partial charge in [-0.15, -0.1) is 0 Å². The smallest absolute Gasteiger partial charge is 0.310 e. The Hall–Kier alpha value is -3.11. The maximum Gasteiger partial charge on any atom is 0.310 e. The topological polar surface area (TPSA) is 94.1 Å². The molecule has 0 radical (unpaired) electrons. The van der Waals surface area contributed by atoms with Crippen molar-refractivity contribution in [3.8, 4) is 0 Å². The Kier molecular flexibility index (Phi) is 7.56. The predicted molar refractivity (Wildman–Crippen MR) is 130 cm³/mol. The number of rotatable bonds is 8. The highest BCUT2D eigenvalue weighted by molar-refractivity contribution is 6.30. The van der Waals surface area contributed by atoms with Crippen molar-refractivity contribution in [3.63, 3.8) is 0 Å². The summed E-state index contributed by atoms with van der Waals surface area (Å²) < 4.78 is 42.8. The Morgan fingerprint density at radius 3 is 2.67 bits per heavy atom. The van der Waals surface area contributed by atoms with Gasteiger partial charge in [0.25, 0.3) is 0 Å². The second-order valence-electron chi connectivity index (χ2n) is 9.27. The average Bonchev–Trinajstić information content (AvgIpc) is 3.26. The van der Waals surface area contributed by atoms with Crippen LogP contribution in [0, 0.1) is 29.8 Å². The van der Waals surface area contributed by atoms with E-state index in [1.54, 1.807) is 6.07 Å². The van der Waals surface area contributed by atoms with Gasteiger partial charge < -0.3 is 10.4 Å². The van der Waals surface area contributed by atoms with Crippen LogP contribution in [0.2, 0.25) is 5.02 Å². The highest BCUT2D eigenvalue weighted by Gasteiger charge is 2.46. The third kappa shape index (κ3) is 5.34. The zero-order valence-electron chi connectivity index (χ0n) is 19.9. The molecule has 11 heteroatoms. The third-order valence-corrected chi connectivity index (χ3v) is 7.17. The number of pyridine rings is 1. The zero-order valence-corrected chi connectivity index (χ0v) is 20.7. The van der Waals surface area contributed by atoms with E-state index < -0.39 is 33.9 Å². The number of likely N-dealkylation sites (tertiary alicyclic amines) is 1. The van der Waals surface area contributed by atoms with E-state index in [4.69, 9.17) is 11.6 Å². The first-order chi connectivity index (χ1) is 17.1. The summed E-state index contributed by atoms with van der Waals surface area (Å²) in [6.45, 7) is 4.26. The lowest BCUT2D eigenvalue weighted by atomic mass is 9.71. The van der Waals surface area contributed by atoms with Crippen molar-refractivity contribution in [1.82, 2.24) is 20.1 Å². The number of aryl methyl sites for hydroxylation is 1. The summed E-state index contributed by atoms with van der Waals surface area (Å²) in [5, 5.41) is 19.5. The first-order valence-corrected chi connectivity index (χ1v) is 12.0. The van der Waals surface area contributed by atoms with Gasteiger partial charge in [-0.2, -0.15) is 5.10 Å². The minimum Gasteiger partial charge on any atom is -0.481 e. The summed E-state index contributed by atoms with van der Waals surface area (Å²) in [6, 6.07) is 6.74. The van der Waals surface area contributed by atoms with Crippen molar-refractivity contribution in [2.45, 2.75) is 52.1 Å². The van der Waals surface area contributed by atoms with E-state index >= 15 is 0 Å². The van der Waals surface area contributed by atoms with Gasteiger partial charge in [0, 0.05) is 36.3 Å². The van der Waals surface area contributed by atoms with Crippen LogP contribution in [0.3, 0.4) is 0 Å². The number of aromatic amines is 1. The molecule has 1 unspecified atom stereocenters. The van der Waals surface area contributed by atoms with Gasteiger partial charge in [0.15, 0.2) is 5.82 Å². The number of hydrogen-bond donors (Lipinski definition) is 3. The van der Waals surface area contributed by atoms with E-state index in [1.165, 1.54) is 18.2 Å². The number of carbonyl (C=O) groups is 1. The van der Waals surface area contributed by atoms with Crippen LogP contribution in [0.25, 0.3) is 0 Å².